The Balaban J connectivity index is 1.51. The summed E-state index contributed by atoms with van der Waals surface area (Å²) in [5.41, 5.74) is -0.870. The minimum atomic E-state index is -4.43. The van der Waals surface area contributed by atoms with E-state index in [1.54, 1.807) is 0 Å². The van der Waals surface area contributed by atoms with E-state index in [1.165, 1.54) is 0 Å². The molecule has 2 fully saturated rings. The Hall–Kier alpha value is -1.88. The highest BCUT2D eigenvalue weighted by Crippen LogP contribution is 2.30. The number of amides is 1. The van der Waals surface area contributed by atoms with Crippen molar-refractivity contribution in [2.45, 2.75) is 38.5 Å². The predicted molar refractivity (Wildman–Crippen MR) is 101 cm³/mol. The zero-order valence-corrected chi connectivity index (χ0v) is 16.6. The Labute approximate surface area is 166 Å². The maximum Gasteiger partial charge on any atom is 0.434 e. The van der Waals surface area contributed by atoms with Crippen LogP contribution in [0.4, 0.5) is 13.2 Å². The van der Waals surface area contributed by atoms with Gasteiger partial charge in [0.05, 0.1) is 13.1 Å². The van der Waals surface area contributed by atoms with Crippen LogP contribution in [0.3, 0.4) is 0 Å². The summed E-state index contributed by atoms with van der Waals surface area (Å²) in [6.07, 6.45) is -2.28. The lowest BCUT2D eigenvalue weighted by Crippen LogP contribution is -2.54. The molecule has 2 aliphatic rings. The number of hydrogen-bond acceptors (Lipinski definition) is 5. The van der Waals surface area contributed by atoms with E-state index in [0.29, 0.717) is 43.2 Å². The minimum absolute atomic E-state index is 0.0702. The van der Waals surface area contributed by atoms with Crippen molar-refractivity contribution in [3.63, 3.8) is 0 Å². The molecular weight excluding hydrogens is 393 g/mol. The number of rotatable bonds is 6. The molecule has 1 saturated heterocycles. The molecule has 0 spiro atoms. The van der Waals surface area contributed by atoms with Gasteiger partial charge in [-0.2, -0.15) is 13.2 Å². The van der Waals surface area contributed by atoms with Crippen molar-refractivity contribution in [3.05, 3.63) is 16.1 Å². The van der Waals surface area contributed by atoms with Crippen LogP contribution < -0.4 is 10.6 Å². The Morgan fingerprint density at radius 2 is 2.04 bits per heavy atom. The molecule has 0 aromatic carbocycles. The van der Waals surface area contributed by atoms with Gasteiger partial charge in [0.2, 0.25) is 5.91 Å². The molecule has 1 aliphatic heterocycles. The molecule has 1 saturated carbocycles. The summed E-state index contributed by atoms with van der Waals surface area (Å²) in [5.74, 6) is 0.731. The molecule has 2 heterocycles. The number of guanidine groups is 1. The molecule has 7 nitrogen and oxygen atoms in total. The Bertz CT molecular complexity index is 695. The van der Waals surface area contributed by atoms with Crippen molar-refractivity contribution in [1.29, 1.82) is 0 Å². The number of aliphatic imine (C=N–C) groups is 1. The lowest BCUT2D eigenvalue weighted by Gasteiger charge is -2.36. The van der Waals surface area contributed by atoms with Crippen LogP contribution in [0, 0.1) is 0 Å². The van der Waals surface area contributed by atoms with Gasteiger partial charge >= 0.3 is 6.18 Å². The van der Waals surface area contributed by atoms with Crippen molar-refractivity contribution in [2.75, 3.05) is 39.3 Å². The average molecular weight is 418 g/mol. The SMILES string of the molecule is CCNC(=NCc1nc(C(F)(F)F)cs1)N1CCN(CC(=O)NC2CC2)CC1. The molecule has 11 heteroatoms. The number of carbonyl (C=O) groups is 1. The standard InChI is InChI=1S/C17H25F3N6OS/c1-2-21-16(22-9-15-24-13(11-28-15)17(18,19)20)26-7-5-25(6-8-26)10-14(27)23-12-3-4-12/h11-12H,2-10H2,1H3,(H,21,22)(H,23,27). The van der Waals surface area contributed by atoms with Crippen LogP contribution in [0.15, 0.2) is 10.4 Å². The molecule has 1 aromatic rings. The normalized spacial score (nSPS) is 19.0. The predicted octanol–water partition coefficient (Wildman–Crippen LogP) is 1.52. The first-order valence-corrected chi connectivity index (χ1v) is 10.3. The third-order valence-corrected chi connectivity index (χ3v) is 5.36. The maximum atomic E-state index is 12.7. The van der Waals surface area contributed by atoms with Crippen molar-refractivity contribution < 1.29 is 18.0 Å². The van der Waals surface area contributed by atoms with Gasteiger partial charge in [-0.15, -0.1) is 11.3 Å². The number of nitrogens with zero attached hydrogens (tertiary/aromatic N) is 4. The summed E-state index contributed by atoms with van der Waals surface area (Å²) >= 11 is 0.963. The molecule has 0 radical (unpaired) electrons. The van der Waals surface area contributed by atoms with Gasteiger partial charge in [0.15, 0.2) is 11.7 Å². The van der Waals surface area contributed by atoms with Gasteiger partial charge in [-0.1, -0.05) is 0 Å². The second-order valence-corrected chi connectivity index (χ2v) is 7.84. The van der Waals surface area contributed by atoms with E-state index in [4.69, 9.17) is 0 Å². The van der Waals surface area contributed by atoms with Gasteiger partial charge in [0, 0.05) is 44.1 Å². The van der Waals surface area contributed by atoms with Crippen LogP contribution in [0.25, 0.3) is 0 Å². The summed E-state index contributed by atoms with van der Waals surface area (Å²) in [6, 6.07) is 0.366. The van der Waals surface area contributed by atoms with Crippen molar-refractivity contribution in [3.8, 4) is 0 Å². The Morgan fingerprint density at radius 3 is 2.61 bits per heavy atom. The van der Waals surface area contributed by atoms with E-state index in [1.807, 2.05) is 6.92 Å². The highest BCUT2D eigenvalue weighted by Gasteiger charge is 2.33. The molecule has 1 amide bonds. The molecule has 3 rings (SSSR count). The molecule has 28 heavy (non-hydrogen) atoms. The van der Waals surface area contributed by atoms with E-state index in [0.717, 1.165) is 42.6 Å². The van der Waals surface area contributed by atoms with E-state index < -0.39 is 11.9 Å². The van der Waals surface area contributed by atoms with Crippen molar-refractivity contribution in [1.82, 2.24) is 25.4 Å². The van der Waals surface area contributed by atoms with Crippen LogP contribution in [0.1, 0.15) is 30.5 Å². The molecular formula is C17H25F3N6OS. The highest BCUT2D eigenvalue weighted by molar-refractivity contribution is 7.09. The molecule has 1 aliphatic carbocycles. The summed E-state index contributed by atoms with van der Waals surface area (Å²) in [5, 5.41) is 7.52. The van der Waals surface area contributed by atoms with Gasteiger partial charge in [0.25, 0.3) is 0 Å². The summed E-state index contributed by atoms with van der Waals surface area (Å²) < 4.78 is 38.0. The zero-order valence-electron chi connectivity index (χ0n) is 15.8. The quantitative estimate of drug-likeness (QED) is 0.542. The molecule has 0 bridgehead atoms. The first-order valence-electron chi connectivity index (χ1n) is 9.41. The van der Waals surface area contributed by atoms with Gasteiger partial charge in [-0.3, -0.25) is 9.69 Å². The van der Waals surface area contributed by atoms with Crippen molar-refractivity contribution in [2.24, 2.45) is 4.99 Å². The first kappa shape index (κ1) is 20.8. The van der Waals surface area contributed by atoms with Gasteiger partial charge in [0.1, 0.15) is 5.01 Å². The molecule has 2 N–H and O–H groups in total. The summed E-state index contributed by atoms with van der Waals surface area (Å²) in [7, 11) is 0. The van der Waals surface area contributed by atoms with Gasteiger partial charge in [-0.25, -0.2) is 9.98 Å². The Kier molecular flexibility index (Phi) is 6.76. The first-order chi connectivity index (χ1) is 13.3. The number of carbonyl (C=O) groups excluding carboxylic acids is 1. The zero-order chi connectivity index (χ0) is 20.1. The van der Waals surface area contributed by atoms with Crippen molar-refractivity contribution >= 4 is 23.2 Å². The van der Waals surface area contributed by atoms with Gasteiger partial charge in [-0.05, 0) is 19.8 Å². The third-order valence-electron chi connectivity index (χ3n) is 4.52. The molecule has 0 atom stereocenters. The number of thiazole rings is 1. The lowest BCUT2D eigenvalue weighted by molar-refractivity contribution is -0.140. The number of hydrogen-bond donors (Lipinski definition) is 2. The number of aromatic nitrogens is 1. The monoisotopic (exact) mass is 418 g/mol. The summed E-state index contributed by atoms with van der Waals surface area (Å²) in [4.78, 5) is 24.2. The molecule has 0 unspecified atom stereocenters. The number of nitrogens with one attached hydrogen (secondary N) is 2. The van der Waals surface area contributed by atoms with Gasteiger partial charge < -0.3 is 15.5 Å². The smallest absolute Gasteiger partial charge is 0.357 e. The topological polar surface area (TPSA) is 72.9 Å². The second-order valence-electron chi connectivity index (χ2n) is 6.90. The lowest BCUT2D eigenvalue weighted by atomic mass is 10.3. The maximum absolute atomic E-state index is 12.7. The number of alkyl halides is 3. The van der Waals surface area contributed by atoms with E-state index in [9.17, 15) is 18.0 Å². The van der Waals surface area contributed by atoms with E-state index >= 15 is 0 Å². The minimum Gasteiger partial charge on any atom is -0.357 e. The third kappa shape index (κ3) is 6.06. The van der Waals surface area contributed by atoms with Crippen LogP contribution in [0.5, 0.6) is 0 Å². The van der Waals surface area contributed by atoms with E-state index in [-0.39, 0.29) is 12.5 Å². The van der Waals surface area contributed by atoms with Crippen LogP contribution in [0.2, 0.25) is 0 Å². The largest absolute Gasteiger partial charge is 0.434 e. The average Bonchev–Trinajstić information content (AvgIpc) is 3.31. The fraction of sp³-hybridized carbons (Fsp3) is 0.706. The van der Waals surface area contributed by atoms with Crippen LogP contribution in [-0.2, 0) is 17.5 Å². The van der Waals surface area contributed by atoms with E-state index in [2.05, 4.69) is 30.4 Å². The second kappa shape index (κ2) is 9.08. The number of piperazine rings is 1. The van der Waals surface area contributed by atoms with Crippen LogP contribution >= 0.6 is 11.3 Å². The highest BCUT2D eigenvalue weighted by atomic mass is 32.1. The van der Waals surface area contributed by atoms with Crippen LogP contribution in [-0.4, -0.2) is 72.0 Å². The summed E-state index contributed by atoms with van der Waals surface area (Å²) in [6.45, 7) is 5.98. The number of halogens is 3. The fourth-order valence-corrected chi connectivity index (χ4v) is 3.63. The molecule has 156 valence electrons. The Morgan fingerprint density at radius 1 is 1.32 bits per heavy atom. The molecule has 1 aromatic heterocycles. The fourth-order valence-electron chi connectivity index (χ4n) is 2.90.